The number of sulfonamides is 1. The molecule has 1 aromatic carbocycles. The van der Waals surface area contributed by atoms with Gasteiger partial charge in [-0.15, -0.1) is 0 Å². The van der Waals surface area contributed by atoms with Crippen molar-refractivity contribution in [2.75, 3.05) is 6.26 Å². The van der Waals surface area contributed by atoms with Crippen LogP contribution in [-0.2, 0) is 10.0 Å². The van der Waals surface area contributed by atoms with E-state index in [0.29, 0.717) is 5.56 Å². The Morgan fingerprint density at radius 2 is 1.31 bits per heavy atom. The Kier molecular flexibility index (Phi) is 17.6. The van der Waals surface area contributed by atoms with Gasteiger partial charge < -0.3 is 0 Å². The number of aryl methyl sites for hydroxylation is 1. The van der Waals surface area contributed by atoms with Crippen molar-refractivity contribution >= 4 is 15.9 Å². The van der Waals surface area contributed by atoms with Crippen molar-refractivity contribution in [2.45, 2.75) is 86.0 Å². The second-order valence-corrected chi connectivity index (χ2v) is 7.89. The number of benzene rings is 1. The fourth-order valence-corrected chi connectivity index (χ4v) is 2.70. The quantitative estimate of drug-likeness (QED) is 0.542. The lowest BCUT2D eigenvalue weighted by Crippen LogP contribution is -2.29. The highest BCUT2D eigenvalue weighted by Crippen LogP contribution is 2.08. The van der Waals surface area contributed by atoms with Crippen LogP contribution < -0.4 is 4.72 Å². The molecule has 26 heavy (non-hydrogen) atoms. The summed E-state index contributed by atoms with van der Waals surface area (Å²) in [6, 6.07) is 6.80. The van der Waals surface area contributed by atoms with Crippen LogP contribution in [0.15, 0.2) is 24.3 Å². The summed E-state index contributed by atoms with van der Waals surface area (Å²) in [4.78, 5) is 11.4. The Morgan fingerprint density at radius 3 is 1.69 bits per heavy atom. The van der Waals surface area contributed by atoms with Gasteiger partial charge in [-0.3, -0.25) is 4.79 Å². The third kappa shape index (κ3) is 16.1. The van der Waals surface area contributed by atoms with E-state index in [0.717, 1.165) is 11.8 Å². The van der Waals surface area contributed by atoms with Gasteiger partial charge in [0.15, 0.2) is 0 Å². The molecule has 0 saturated carbocycles. The molecule has 1 amide bonds. The molecule has 0 bridgehead atoms. The van der Waals surface area contributed by atoms with E-state index >= 15 is 0 Å². The van der Waals surface area contributed by atoms with E-state index in [9.17, 15) is 13.2 Å². The number of amides is 1. The number of hydrogen-bond acceptors (Lipinski definition) is 3. The largest absolute Gasteiger partial charge is 0.268 e. The molecule has 0 spiro atoms. The molecule has 1 rings (SSSR count). The lowest BCUT2D eigenvalue weighted by molar-refractivity contribution is 0.0981. The Bertz CT molecular complexity index is 560. The highest BCUT2D eigenvalue weighted by molar-refractivity contribution is 7.89. The standard InChI is InChI=1S/C10H22.C9H11NO3S.C2H6/c1-3-5-7-9-10-8-6-4-2;1-7-5-3-4-6-8(7)9(11)10-14(2,12)13;1-2/h3-10H2,1-2H3;3-6H,1-2H3,(H,10,11);1-2H3. The van der Waals surface area contributed by atoms with Crippen LogP contribution in [0.4, 0.5) is 0 Å². The van der Waals surface area contributed by atoms with Gasteiger partial charge in [-0.05, 0) is 18.6 Å². The van der Waals surface area contributed by atoms with Crippen LogP contribution in [0.5, 0.6) is 0 Å². The van der Waals surface area contributed by atoms with Crippen LogP contribution in [-0.4, -0.2) is 20.6 Å². The average molecular weight is 386 g/mol. The maximum Gasteiger partial charge on any atom is 0.264 e. The molecule has 0 atom stereocenters. The zero-order chi connectivity index (χ0) is 20.4. The van der Waals surface area contributed by atoms with Gasteiger partial charge in [0.25, 0.3) is 5.91 Å². The molecular formula is C21H39NO3S. The Morgan fingerprint density at radius 1 is 0.885 bits per heavy atom. The first-order valence-electron chi connectivity index (χ1n) is 9.89. The molecule has 0 unspecified atom stereocenters. The lowest BCUT2D eigenvalue weighted by Gasteiger charge is -2.04. The molecule has 4 nitrogen and oxygen atoms in total. The van der Waals surface area contributed by atoms with Crippen LogP contribution in [0.2, 0.25) is 0 Å². The number of hydrogen-bond donors (Lipinski definition) is 1. The molecule has 0 aliphatic rings. The molecule has 5 heteroatoms. The van der Waals surface area contributed by atoms with E-state index in [2.05, 4.69) is 13.8 Å². The van der Waals surface area contributed by atoms with Crippen LogP contribution in [0.3, 0.4) is 0 Å². The fourth-order valence-electron chi connectivity index (χ4n) is 2.26. The van der Waals surface area contributed by atoms with Gasteiger partial charge in [0.2, 0.25) is 10.0 Å². The number of nitrogens with one attached hydrogen (secondary N) is 1. The van der Waals surface area contributed by atoms with Crippen LogP contribution >= 0.6 is 0 Å². The second-order valence-electron chi connectivity index (χ2n) is 6.14. The Hall–Kier alpha value is -1.36. The van der Waals surface area contributed by atoms with Crippen molar-refractivity contribution in [3.63, 3.8) is 0 Å². The minimum absolute atomic E-state index is 0.373. The van der Waals surface area contributed by atoms with Gasteiger partial charge in [0.05, 0.1) is 6.26 Å². The molecule has 152 valence electrons. The number of unbranched alkanes of at least 4 members (excludes halogenated alkanes) is 7. The van der Waals surface area contributed by atoms with Crippen molar-refractivity contribution in [1.29, 1.82) is 0 Å². The minimum Gasteiger partial charge on any atom is -0.268 e. The topological polar surface area (TPSA) is 63.2 Å². The summed E-state index contributed by atoms with van der Waals surface area (Å²) < 4.78 is 23.5. The molecule has 0 heterocycles. The van der Waals surface area contributed by atoms with E-state index in [1.807, 2.05) is 18.6 Å². The van der Waals surface area contributed by atoms with Gasteiger partial charge in [-0.1, -0.05) is 97.3 Å². The van der Waals surface area contributed by atoms with Gasteiger partial charge in [0, 0.05) is 5.56 Å². The third-order valence-corrected chi connectivity index (χ3v) is 4.18. The van der Waals surface area contributed by atoms with Crippen molar-refractivity contribution < 1.29 is 13.2 Å². The second kappa shape index (κ2) is 17.1. The summed E-state index contributed by atoms with van der Waals surface area (Å²) in [5.74, 6) is -0.592. The number of rotatable bonds is 9. The maximum absolute atomic E-state index is 11.4. The van der Waals surface area contributed by atoms with Crippen molar-refractivity contribution in [1.82, 2.24) is 4.72 Å². The van der Waals surface area contributed by atoms with Gasteiger partial charge >= 0.3 is 0 Å². The summed E-state index contributed by atoms with van der Waals surface area (Å²) in [6.07, 6.45) is 12.4. The molecule has 0 saturated heterocycles. The van der Waals surface area contributed by atoms with E-state index in [-0.39, 0.29) is 0 Å². The average Bonchev–Trinajstić information content (AvgIpc) is 2.59. The first-order valence-corrected chi connectivity index (χ1v) is 11.8. The van der Waals surface area contributed by atoms with E-state index in [4.69, 9.17) is 0 Å². The molecule has 0 fully saturated rings. The zero-order valence-electron chi connectivity index (χ0n) is 17.6. The smallest absolute Gasteiger partial charge is 0.264 e. The Labute approximate surface area is 161 Å². The normalized spacial score (nSPS) is 10.1. The summed E-state index contributed by atoms with van der Waals surface area (Å²) >= 11 is 0. The molecule has 0 aliphatic carbocycles. The summed E-state index contributed by atoms with van der Waals surface area (Å²) in [7, 11) is -3.49. The maximum atomic E-state index is 11.4. The molecule has 0 aromatic heterocycles. The molecule has 1 aromatic rings. The Balaban J connectivity index is 0. The van der Waals surface area contributed by atoms with Crippen LogP contribution in [0.1, 0.15) is 95.0 Å². The van der Waals surface area contributed by atoms with Crippen molar-refractivity contribution in [2.24, 2.45) is 0 Å². The summed E-state index contributed by atoms with van der Waals surface area (Å²) in [5, 5.41) is 0. The SMILES string of the molecule is CC.CCCCCCCCCC.Cc1ccccc1C(=O)NS(C)(=O)=O. The molecule has 0 aliphatic heterocycles. The minimum atomic E-state index is -3.49. The first kappa shape index (κ1) is 26.9. The molecular weight excluding hydrogens is 346 g/mol. The predicted octanol–water partition coefficient (Wildman–Crippen LogP) is 5.86. The van der Waals surface area contributed by atoms with E-state index in [1.165, 1.54) is 51.4 Å². The van der Waals surface area contributed by atoms with Crippen molar-refractivity contribution in [3.05, 3.63) is 35.4 Å². The first-order chi connectivity index (χ1) is 12.3. The highest BCUT2D eigenvalue weighted by Gasteiger charge is 2.12. The fraction of sp³-hybridized carbons (Fsp3) is 0.667. The monoisotopic (exact) mass is 385 g/mol. The van der Waals surface area contributed by atoms with Crippen molar-refractivity contribution in [3.8, 4) is 0 Å². The summed E-state index contributed by atoms with van der Waals surface area (Å²) in [6.45, 7) is 10.3. The predicted molar refractivity (Wildman–Crippen MR) is 113 cm³/mol. The zero-order valence-corrected chi connectivity index (χ0v) is 18.4. The van der Waals surface area contributed by atoms with Gasteiger partial charge in [-0.2, -0.15) is 0 Å². The van der Waals surface area contributed by atoms with Crippen LogP contribution in [0, 0.1) is 6.92 Å². The van der Waals surface area contributed by atoms with Gasteiger partial charge in [0.1, 0.15) is 0 Å². The number of carbonyl (C=O) groups excluding carboxylic acids is 1. The lowest BCUT2D eigenvalue weighted by atomic mass is 10.1. The molecule has 0 radical (unpaired) electrons. The third-order valence-electron chi connectivity index (χ3n) is 3.62. The van der Waals surface area contributed by atoms with Crippen LogP contribution in [0.25, 0.3) is 0 Å². The number of carbonyl (C=O) groups is 1. The van der Waals surface area contributed by atoms with Gasteiger partial charge in [-0.25, -0.2) is 13.1 Å². The highest BCUT2D eigenvalue weighted by atomic mass is 32.2. The molecule has 1 N–H and O–H groups in total. The summed E-state index contributed by atoms with van der Waals surface area (Å²) in [5.41, 5.74) is 1.12. The van der Waals surface area contributed by atoms with E-state index < -0.39 is 15.9 Å². The van der Waals surface area contributed by atoms with E-state index in [1.54, 1.807) is 31.2 Å².